The van der Waals surface area contributed by atoms with Crippen LogP contribution in [0.4, 0.5) is 0 Å². The lowest BCUT2D eigenvalue weighted by Crippen LogP contribution is -2.16. The molecule has 0 aliphatic rings. The number of carbonyl (C=O) groups excluding carboxylic acids is 2. The summed E-state index contributed by atoms with van der Waals surface area (Å²) in [5, 5.41) is 0. The standard InChI is InChI=1S/C16H23NO3Si/c1-12-13(7-6-8-16(19)20-2)14(17-15(12)11-18)9-10-21(3,4)5/h11,17H,6-8H2,1-5H3. The second-order valence-electron chi connectivity index (χ2n) is 6.06. The molecule has 0 saturated carbocycles. The average molecular weight is 305 g/mol. The van der Waals surface area contributed by atoms with E-state index >= 15 is 0 Å². The summed E-state index contributed by atoms with van der Waals surface area (Å²) in [5.74, 6) is 2.97. The molecule has 0 aliphatic heterocycles. The molecule has 0 bridgehead atoms. The number of rotatable bonds is 5. The molecule has 5 heteroatoms. The molecule has 0 radical (unpaired) electrons. The fourth-order valence-corrected chi connectivity index (χ4v) is 2.45. The lowest BCUT2D eigenvalue weighted by atomic mass is 10.0. The predicted molar refractivity (Wildman–Crippen MR) is 86.1 cm³/mol. The molecule has 0 fully saturated rings. The van der Waals surface area contributed by atoms with Gasteiger partial charge in [0.15, 0.2) is 6.29 Å². The molecule has 1 N–H and O–H groups in total. The van der Waals surface area contributed by atoms with E-state index in [1.165, 1.54) is 7.11 Å². The van der Waals surface area contributed by atoms with Crippen molar-refractivity contribution < 1.29 is 14.3 Å². The van der Waals surface area contributed by atoms with Crippen molar-refractivity contribution in [3.63, 3.8) is 0 Å². The summed E-state index contributed by atoms with van der Waals surface area (Å²) in [6, 6.07) is 0. The molecule has 114 valence electrons. The van der Waals surface area contributed by atoms with Crippen LogP contribution >= 0.6 is 0 Å². The molecule has 0 aromatic carbocycles. The normalized spacial score (nSPS) is 10.7. The van der Waals surface area contributed by atoms with Crippen LogP contribution in [-0.2, 0) is 16.0 Å². The third-order valence-electron chi connectivity index (χ3n) is 3.13. The Hall–Kier alpha value is -1.80. The van der Waals surface area contributed by atoms with Crippen molar-refractivity contribution in [3.05, 3.63) is 22.5 Å². The maximum atomic E-state index is 11.2. The Labute approximate surface area is 127 Å². The largest absolute Gasteiger partial charge is 0.469 e. The molecule has 4 nitrogen and oxygen atoms in total. The molecular weight excluding hydrogens is 282 g/mol. The molecule has 1 aromatic heterocycles. The van der Waals surface area contributed by atoms with Gasteiger partial charge in [-0.2, -0.15) is 0 Å². The number of aldehydes is 1. The van der Waals surface area contributed by atoms with E-state index in [1.807, 2.05) is 6.92 Å². The minimum absolute atomic E-state index is 0.214. The van der Waals surface area contributed by atoms with Crippen molar-refractivity contribution in [2.75, 3.05) is 7.11 Å². The number of hydrogen-bond donors (Lipinski definition) is 1. The Balaban J connectivity index is 2.99. The number of methoxy groups -OCH3 is 1. The Bertz CT molecular complexity index is 585. The predicted octanol–water partition coefficient (Wildman–Crippen LogP) is 2.86. The van der Waals surface area contributed by atoms with Crippen LogP contribution in [0.15, 0.2) is 0 Å². The van der Waals surface area contributed by atoms with Crippen molar-refractivity contribution in [1.82, 2.24) is 4.98 Å². The highest BCUT2D eigenvalue weighted by molar-refractivity contribution is 6.83. The number of hydrogen-bond acceptors (Lipinski definition) is 3. The van der Waals surface area contributed by atoms with Crippen LogP contribution in [0, 0.1) is 18.4 Å². The number of aromatic nitrogens is 1. The zero-order chi connectivity index (χ0) is 16.0. The number of H-pyrrole nitrogens is 1. The van der Waals surface area contributed by atoms with Gasteiger partial charge >= 0.3 is 5.97 Å². The van der Waals surface area contributed by atoms with Gasteiger partial charge in [-0.15, -0.1) is 5.54 Å². The third-order valence-corrected chi connectivity index (χ3v) is 4.01. The minimum Gasteiger partial charge on any atom is -0.469 e. The first-order valence-corrected chi connectivity index (χ1v) is 10.5. The summed E-state index contributed by atoms with van der Waals surface area (Å²) in [7, 11) is -0.0916. The molecule has 0 saturated heterocycles. The highest BCUT2D eigenvalue weighted by Gasteiger charge is 2.14. The first-order chi connectivity index (χ1) is 9.78. The Morgan fingerprint density at radius 3 is 2.57 bits per heavy atom. The summed E-state index contributed by atoms with van der Waals surface area (Å²) in [4.78, 5) is 25.3. The van der Waals surface area contributed by atoms with Gasteiger partial charge in [-0.1, -0.05) is 25.6 Å². The van der Waals surface area contributed by atoms with Gasteiger partial charge in [-0.05, 0) is 30.9 Å². The van der Waals surface area contributed by atoms with Gasteiger partial charge in [0.05, 0.1) is 18.5 Å². The van der Waals surface area contributed by atoms with Crippen LogP contribution < -0.4 is 0 Å². The molecule has 21 heavy (non-hydrogen) atoms. The maximum Gasteiger partial charge on any atom is 0.305 e. The Morgan fingerprint density at radius 1 is 1.38 bits per heavy atom. The second kappa shape index (κ2) is 7.28. The SMILES string of the molecule is COC(=O)CCCc1c(C#C[Si](C)(C)C)[nH]c(C=O)c1C. The first kappa shape index (κ1) is 17.2. The van der Waals surface area contributed by atoms with Gasteiger partial charge in [0.2, 0.25) is 0 Å². The molecule has 0 unspecified atom stereocenters. The van der Waals surface area contributed by atoms with E-state index < -0.39 is 8.07 Å². The van der Waals surface area contributed by atoms with Crippen molar-refractivity contribution in [2.45, 2.75) is 45.8 Å². The first-order valence-electron chi connectivity index (χ1n) is 7.05. The van der Waals surface area contributed by atoms with Crippen molar-refractivity contribution in [2.24, 2.45) is 0 Å². The van der Waals surface area contributed by atoms with E-state index in [-0.39, 0.29) is 5.97 Å². The number of nitrogens with one attached hydrogen (secondary N) is 1. The number of ether oxygens (including phenoxy) is 1. The molecule has 1 heterocycles. The maximum absolute atomic E-state index is 11.2. The Kier molecular flexibility index (Phi) is 5.98. The molecule has 0 aliphatic carbocycles. The third kappa shape index (κ3) is 5.24. The summed E-state index contributed by atoms with van der Waals surface area (Å²) >= 11 is 0. The topological polar surface area (TPSA) is 59.2 Å². The van der Waals surface area contributed by atoms with Crippen LogP contribution in [0.3, 0.4) is 0 Å². The summed E-state index contributed by atoms with van der Waals surface area (Å²) < 4.78 is 4.64. The van der Waals surface area contributed by atoms with Crippen LogP contribution in [0.5, 0.6) is 0 Å². The zero-order valence-corrected chi connectivity index (χ0v) is 14.4. The summed E-state index contributed by atoms with van der Waals surface area (Å²) in [6.45, 7) is 8.43. The lowest BCUT2D eigenvalue weighted by molar-refractivity contribution is -0.140. The van der Waals surface area contributed by atoms with E-state index in [1.54, 1.807) is 0 Å². The van der Waals surface area contributed by atoms with Gasteiger partial charge in [-0.3, -0.25) is 9.59 Å². The second-order valence-corrected chi connectivity index (χ2v) is 10.8. The monoisotopic (exact) mass is 305 g/mol. The van der Waals surface area contributed by atoms with Crippen LogP contribution in [0.25, 0.3) is 0 Å². The van der Waals surface area contributed by atoms with Crippen LogP contribution in [0.2, 0.25) is 19.6 Å². The average Bonchev–Trinajstić information content (AvgIpc) is 2.72. The smallest absolute Gasteiger partial charge is 0.305 e. The highest BCUT2D eigenvalue weighted by atomic mass is 28.3. The fraction of sp³-hybridized carbons (Fsp3) is 0.500. The highest BCUT2D eigenvalue weighted by Crippen LogP contribution is 2.19. The van der Waals surface area contributed by atoms with E-state index in [0.29, 0.717) is 25.0 Å². The van der Waals surface area contributed by atoms with E-state index in [0.717, 1.165) is 23.1 Å². The van der Waals surface area contributed by atoms with Gasteiger partial charge in [-0.25, -0.2) is 0 Å². The van der Waals surface area contributed by atoms with Gasteiger partial charge in [0.25, 0.3) is 0 Å². The van der Waals surface area contributed by atoms with E-state index in [4.69, 9.17) is 0 Å². The van der Waals surface area contributed by atoms with Crippen LogP contribution in [0.1, 0.15) is 40.2 Å². The molecule has 0 amide bonds. The van der Waals surface area contributed by atoms with Gasteiger partial charge < -0.3 is 9.72 Å². The number of carbonyl (C=O) groups is 2. The number of esters is 1. The molecule has 0 atom stereocenters. The Morgan fingerprint density at radius 2 is 2.05 bits per heavy atom. The number of aromatic amines is 1. The zero-order valence-electron chi connectivity index (χ0n) is 13.4. The molecular formula is C16H23NO3Si. The quantitative estimate of drug-likeness (QED) is 0.394. The van der Waals surface area contributed by atoms with E-state index in [9.17, 15) is 9.59 Å². The van der Waals surface area contributed by atoms with Crippen molar-refractivity contribution >= 4 is 20.3 Å². The van der Waals surface area contributed by atoms with E-state index in [2.05, 4.69) is 40.8 Å². The fourth-order valence-electron chi connectivity index (χ4n) is 1.95. The van der Waals surface area contributed by atoms with Gasteiger partial charge in [0, 0.05) is 6.42 Å². The molecule has 1 rings (SSSR count). The summed E-state index contributed by atoms with van der Waals surface area (Å²) in [5.41, 5.74) is 6.64. The van der Waals surface area contributed by atoms with Crippen molar-refractivity contribution in [1.29, 1.82) is 0 Å². The minimum atomic E-state index is -1.48. The molecule has 0 spiro atoms. The van der Waals surface area contributed by atoms with Crippen molar-refractivity contribution in [3.8, 4) is 11.5 Å². The van der Waals surface area contributed by atoms with Crippen LogP contribution in [-0.4, -0.2) is 32.4 Å². The summed E-state index contributed by atoms with van der Waals surface area (Å²) in [6.07, 6.45) is 2.59. The lowest BCUT2D eigenvalue weighted by Gasteiger charge is -2.04. The molecule has 1 aromatic rings. The van der Waals surface area contributed by atoms with Gasteiger partial charge in [0.1, 0.15) is 8.07 Å².